The van der Waals surface area contributed by atoms with Crippen molar-refractivity contribution >= 4 is 10.9 Å². The molecule has 0 saturated carbocycles. The van der Waals surface area contributed by atoms with Crippen LogP contribution in [0.5, 0.6) is 0 Å². The molecule has 2 aromatic rings. The zero-order valence-corrected chi connectivity index (χ0v) is 12.2. The number of aryl methyl sites for hydroxylation is 3. The van der Waals surface area contributed by atoms with Gasteiger partial charge >= 0.3 is 0 Å². The average Bonchev–Trinajstić information content (AvgIpc) is 2.44. The monoisotopic (exact) mass is 258 g/mol. The van der Waals surface area contributed by atoms with E-state index in [-0.39, 0.29) is 5.56 Å². The molecule has 0 unspecified atom stereocenters. The van der Waals surface area contributed by atoms with Crippen molar-refractivity contribution in [2.75, 3.05) is 13.6 Å². The Morgan fingerprint density at radius 1 is 1.32 bits per heavy atom. The summed E-state index contributed by atoms with van der Waals surface area (Å²) in [6.07, 6.45) is 1.80. The molecule has 0 aliphatic rings. The van der Waals surface area contributed by atoms with Crippen LogP contribution in [-0.2, 0) is 19.9 Å². The van der Waals surface area contributed by atoms with Gasteiger partial charge in [-0.15, -0.1) is 0 Å². The standard InChI is InChI=1S/C16H22N2O/c1-5-12-6-7-15-14(10-12)11(2)13(8-9-17-3)16(19)18(15)4/h6-7,10,17H,5,8-9H2,1-4H3. The third-order valence-electron chi connectivity index (χ3n) is 3.88. The number of likely N-dealkylation sites (N-methyl/N-ethyl adjacent to an activating group) is 1. The van der Waals surface area contributed by atoms with E-state index in [1.165, 1.54) is 10.9 Å². The van der Waals surface area contributed by atoms with Gasteiger partial charge in [0.05, 0.1) is 5.52 Å². The Balaban J connectivity index is 2.73. The van der Waals surface area contributed by atoms with Gasteiger partial charge in [-0.2, -0.15) is 0 Å². The first-order valence-electron chi connectivity index (χ1n) is 6.85. The van der Waals surface area contributed by atoms with E-state index in [9.17, 15) is 4.79 Å². The Morgan fingerprint density at radius 3 is 2.68 bits per heavy atom. The molecule has 0 bridgehead atoms. The molecule has 0 amide bonds. The van der Waals surface area contributed by atoms with Gasteiger partial charge in [0.2, 0.25) is 0 Å². The highest BCUT2D eigenvalue weighted by Gasteiger charge is 2.11. The highest BCUT2D eigenvalue weighted by atomic mass is 16.1. The lowest BCUT2D eigenvalue weighted by Crippen LogP contribution is -2.25. The molecular formula is C16H22N2O. The van der Waals surface area contributed by atoms with E-state index in [4.69, 9.17) is 0 Å². The number of hydrogen-bond acceptors (Lipinski definition) is 2. The summed E-state index contributed by atoms with van der Waals surface area (Å²) in [6.45, 7) is 5.05. The average molecular weight is 258 g/mol. The molecule has 1 heterocycles. The van der Waals surface area contributed by atoms with Crippen molar-refractivity contribution in [2.24, 2.45) is 7.05 Å². The summed E-state index contributed by atoms with van der Waals surface area (Å²) in [5, 5.41) is 4.31. The van der Waals surface area contributed by atoms with Gasteiger partial charge in [0, 0.05) is 18.0 Å². The molecule has 3 nitrogen and oxygen atoms in total. The van der Waals surface area contributed by atoms with Crippen LogP contribution in [-0.4, -0.2) is 18.2 Å². The second kappa shape index (κ2) is 5.57. The van der Waals surface area contributed by atoms with Gasteiger partial charge in [0.15, 0.2) is 0 Å². The Kier molecular flexibility index (Phi) is 4.05. The van der Waals surface area contributed by atoms with Gasteiger partial charge in [-0.25, -0.2) is 0 Å². The van der Waals surface area contributed by atoms with Crippen LogP contribution in [0.4, 0.5) is 0 Å². The number of nitrogens with one attached hydrogen (secondary N) is 1. The van der Waals surface area contributed by atoms with Gasteiger partial charge in [-0.3, -0.25) is 4.79 Å². The largest absolute Gasteiger partial charge is 0.319 e. The highest BCUT2D eigenvalue weighted by Crippen LogP contribution is 2.21. The number of hydrogen-bond donors (Lipinski definition) is 1. The molecule has 0 radical (unpaired) electrons. The van der Waals surface area contributed by atoms with Gasteiger partial charge in [-0.05, 0) is 56.6 Å². The molecular weight excluding hydrogens is 236 g/mol. The summed E-state index contributed by atoms with van der Waals surface area (Å²) in [5.41, 5.74) is 4.52. The van der Waals surface area contributed by atoms with E-state index < -0.39 is 0 Å². The van der Waals surface area contributed by atoms with Crippen LogP contribution in [0.2, 0.25) is 0 Å². The van der Waals surface area contributed by atoms with E-state index in [1.54, 1.807) is 4.57 Å². The third-order valence-corrected chi connectivity index (χ3v) is 3.88. The fourth-order valence-electron chi connectivity index (χ4n) is 2.58. The zero-order chi connectivity index (χ0) is 14.0. The number of aromatic nitrogens is 1. The van der Waals surface area contributed by atoms with Crippen molar-refractivity contribution in [1.82, 2.24) is 9.88 Å². The van der Waals surface area contributed by atoms with E-state index in [0.717, 1.165) is 36.0 Å². The zero-order valence-electron chi connectivity index (χ0n) is 12.2. The Hall–Kier alpha value is -1.61. The Bertz CT molecular complexity index is 656. The molecule has 102 valence electrons. The SMILES string of the molecule is CCc1ccc2c(c1)c(C)c(CCNC)c(=O)n2C. The first-order valence-corrected chi connectivity index (χ1v) is 6.85. The highest BCUT2D eigenvalue weighted by molar-refractivity contribution is 5.84. The van der Waals surface area contributed by atoms with Gasteiger partial charge in [0.25, 0.3) is 5.56 Å². The third kappa shape index (κ3) is 2.43. The Labute approximate surface area is 114 Å². The minimum atomic E-state index is 0.129. The molecule has 3 heteroatoms. The number of benzene rings is 1. The molecule has 0 saturated heterocycles. The summed E-state index contributed by atoms with van der Waals surface area (Å²) < 4.78 is 1.77. The van der Waals surface area contributed by atoms with Crippen molar-refractivity contribution in [3.8, 4) is 0 Å². The molecule has 0 aliphatic carbocycles. The first kappa shape index (κ1) is 13.8. The van der Waals surface area contributed by atoms with Crippen LogP contribution in [0.25, 0.3) is 10.9 Å². The van der Waals surface area contributed by atoms with E-state index in [1.807, 2.05) is 14.1 Å². The van der Waals surface area contributed by atoms with E-state index >= 15 is 0 Å². The minimum Gasteiger partial charge on any atom is -0.319 e. The van der Waals surface area contributed by atoms with Gasteiger partial charge in [0.1, 0.15) is 0 Å². The van der Waals surface area contributed by atoms with Crippen molar-refractivity contribution < 1.29 is 0 Å². The maximum absolute atomic E-state index is 12.4. The quantitative estimate of drug-likeness (QED) is 0.912. The van der Waals surface area contributed by atoms with Crippen molar-refractivity contribution in [1.29, 1.82) is 0 Å². The summed E-state index contributed by atoms with van der Waals surface area (Å²) in [6, 6.07) is 6.38. The summed E-state index contributed by atoms with van der Waals surface area (Å²) >= 11 is 0. The van der Waals surface area contributed by atoms with Crippen LogP contribution in [0.15, 0.2) is 23.0 Å². The second-order valence-electron chi connectivity index (χ2n) is 5.03. The molecule has 1 aromatic carbocycles. The van der Waals surface area contributed by atoms with Crippen LogP contribution in [0.3, 0.4) is 0 Å². The first-order chi connectivity index (χ1) is 9.10. The molecule has 1 N–H and O–H groups in total. The minimum absolute atomic E-state index is 0.129. The lowest BCUT2D eigenvalue weighted by Gasteiger charge is -2.14. The van der Waals surface area contributed by atoms with Gasteiger partial charge < -0.3 is 9.88 Å². The van der Waals surface area contributed by atoms with Crippen LogP contribution >= 0.6 is 0 Å². The molecule has 19 heavy (non-hydrogen) atoms. The summed E-state index contributed by atoms with van der Waals surface area (Å²) in [5.74, 6) is 0. The molecule has 0 spiro atoms. The lowest BCUT2D eigenvalue weighted by molar-refractivity contribution is 0.768. The van der Waals surface area contributed by atoms with Crippen molar-refractivity contribution in [2.45, 2.75) is 26.7 Å². The van der Waals surface area contributed by atoms with Crippen molar-refractivity contribution in [3.05, 3.63) is 45.2 Å². The molecule has 2 rings (SSSR count). The number of pyridine rings is 1. The number of fused-ring (bicyclic) bond motifs is 1. The Morgan fingerprint density at radius 2 is 2.05 bits per heavy atom. The lowest BCUT2D eigenvalue weighted by atomic mass is 9.99. The number of nitrogens with zero attached hydrogens (tertiary/aromatic N) is 1. The fraction of sp³-hybridized carbons (Fsp3) is 0.438. The molecule has 0 atom stereocenters. The van der Waals surface area contributed by atoms with Crippen LogP contribution in [0, 0.1) is 6.92 Å². The maximum atomic E-state index is 12.4. The predicted molar refractivity (Wildman–Crippen MR) is 80.9 cm³/mol. The normalized spacial score (nSPS) is 11.2. The number of rotatable bonds is 4. The fourth-order valence-corrected chi connectivity index (χ4v) is 2.58. The summed E-state index contributed by atoms with van der Waals surface area (Å²) in [4.78, 5) is 12.4. The molecule has 0 fully saturated rings. The maximum Gasteiger partial charge on any atom is 0.254 e. The second-order valence-corrected chi connectivity index (χ2v) is 5.03. The molecule has 1 aromatic heterocycles. The van der Waals surface area contributed by atoms with Crippen molar-refractivity contribution in [3.63, 3.8) is 0 Å². The summed E-state index contributed by atoms with van der Waals surface area (Å²) in [7, 11) is 3.77. The van der Waals surface area contributed by atoms with Crippen LogP contribution < -0.4 is 10.9 Å². The smallest absolute Gasteiger partial charge is 0.254 e. The van der Waals surface area contributed by atoms with E-state index in [2.05, 4.69) is 37.4 Å². The predicted octanol–water partition coefficient (Wildman–Crippen LogP) is 2.17. The molecule has 0 aliphatic heterocycles. The van der Waals surface area contributed by atoms with Crippen LogP contribution in [0.1, 0.15) is 23.6 Å². The van der Waals surface area contributed by atoms with E-state index in [0.29, 0.717) is 0 Å². The topological polar surface area (TPSA) is 34.0 Å². The van der Waals surface area contributed by atoms with Gasteiger partial charge in [-0.1, -0.05) is 13.0 Å².